The fraction of sp³-hybridized carbons (Fsp3) is 0.462. The van der Waals surface area contributed by atoms with Gasteiger partial charge in [0, 0.05) is 30.3 Å². The van der Waals surface area contributed by atoms with Gasteiger partial charge < -0.3 is 14.4 Å². The van der Waals surface area contributed by atoms with Crippen LogP contribution in [0.25, 0.3) is 0 Å². The van der Waals surface area contributed by atoms with E-state index in [-0.39, 0.29) is 30.4 Å². The molecule has 0 spiro atoms. The lowest BCUT2D eigenvalue weighted by Crippen LogP contribution is -2.48. The van der Waals surface area contributed by atoms with Gasteiger partial charge in [-0.05, 0) is 52.8 Å². The van der Waals surface area contributed by atoms with Crippen LogP contribution in [0.2, 0.25) is 0 Å². The number of hydrogen-bond acceptors (Lipinski definition) is 5. The molecule has 2 aliphatic heterocycles. The molecule has 0 N–H and O–H groups in total. The van der Waals surface area contributed by atoms with E-state index in [1.165, 1.54) is 0 Å². The summed E-state index contributed by atoms with van der Waals surface area (Å²) in [6.07, 6.45) is 1.66. The SMILES string of the molecule is CN(CC(=O)OC(C)(C)C)C1CCN(C(=O)C2c3ccccc3Oc3ccccc32)CC1. The highest BCUT2D eigenvalue weighted by molar-refractivity contribution is 5.89. The quantitative estimate of drug-likeness (QED) is 0.673. The Hall–Kier alpha value is -2.86. The third-order valence-corrected chi connectivity index (χ3v) is 6.12. The molecule has 0 aromatic heterocycles. The monoisotopic (exact) mass is 436 g/mol. The number of carbonyl (C=O) groups is 2. The minimum absolute atomic E-state index is 0.112. The molecule has 2 aromatic carbocycles. The van der Waals surface area contributed by atoms with Gasteiger partial charge in [0.25, 0.3) is 0 Å². The number of esters is 1. The number of para-hydroxylation sites is 2. The third-order valence-electron chi connectivity index (χ3n) is 6.12. The molecule has 0 radical (unpaired) electrons. The van der Waals surface area contributed by atoms with E-state index in [1.807, 2.05) is 81.2 Å². The third kappa shape index (κ3) is 4.80. The first kappa shape index (κ1) is 22.3. The van der Waals surface area contributed by atoms with Crippen molar-refractivity contribution in [1.29, 1.82) is 0 Å². The summed E-state index contributed by atoms with van der Waals surface area (Å²) in [4.78, 5) is 29.9. The summed E-state index contributed by atoms with van der Waals surface area (Å²) >= 11 is 0. The molecule has 1 amide bonds. The maximum absolute atomic E-state index is 13.7. The van der Waals surface area contributed by atoms with Crippen LogP contribution in [-0.4, -0.2) is 60.0 Å². The van der Waals surface area contributed by atoms with Crippen molar-refractivity contribution in [3.05, 3.63) is 59.7 Å². The molecule has 0 atom stereocenters. The van der Waals surface area contributed by atoms with Gasteiger partial charge in [0.1, 0.15) is 17.1 Å². The number of likely N-dealkylation sites (N-methyl/N-ethyl adjacent to an activating group) is 1. The molecular formula is C26H32N2O4. The maximum atomic E-state index is 13.7. The molecule has 1 saturated heterocycles. The van der Waals surface area contributed by atoms with Crippen molar-refractivity contribution < 1.29 is 19.1 Å². The van der Waals surface area contributed by atoms with Crippen LogP contribution in [-0.2, 0) is 14.3 Å². The van der Waals surface area contributed by atoms with E-state index in [0.29, 0.717) is 13.1 Å². The van der Waals surface area contributed by atoms with Crippen molar-refractivity contribution in [3.8, 4) is 11.5 Å². The largest absolute Gasteiger partial charge is 0.459 e. The molecular weight excluding hydrogens is 404 g/mol. The molecule has 0 unspecified atom stereocenters. The first-order chi connectivity index (χ1) is 15.2. The highest BCUT2D eigenvalue weighted by atomic mass is 16.6. The molecule has 0 aliphatic carbocycles. The van der Waals surface area contributed by atoms with Crippen LogP contribution in [0, 0.1) is 0 Å². The second-order valence-electron chi connectivity index (χ2n) is 9.67. The van der Waals surface area contributed by atoms with Gasteiger partial charge in [0.2, 0.25) is 5.91 Å². The Kier molecular flexibility index (Phi) is 6.24. The fourth-order valence-electron chi connectivity index (χ4n) is 4.59. The Bertz CT molecular complexity index is 944. The van der Waals surface area contributed by atoms with Crippen LogP contribution < -0.4 is 4.74 Å². The van der Waals surface area contributed by atoms with Gasteiger partial charge in [-0.25, -0.2) is 0 Å². The summed E-state index contributed by atoms with van der Waals surface area (Å²) in [5.41, 5.74) is 1.35. The van der Waals surface area contributed by atoms with E-state index in [1.54, 1.807) is 0 Å². The predicted molar refractivity (Wildman–Crippen MR) is 123 cm³/mol. The Morgan fingerprint density at radius 3 is 2.06 bits per heavy atom. The normalized spacial score (nSPS) is 16.8. The van der Waals surface area contributed by atoms with Crippen molar-refractivity contribution in [1.82, 2.24) is 9.80 Å². The lowest BCUT2D eigenvalue weighted by Gasteiger charge is -2.39. The maximum Gasteiger partial charge on any atom is 0.320 e. The van der Waals surface area contributed by atoms with Gasteiger partial charge in [-0.2, -0.15) is 0 Å². The average molecular weight is 437 g/mol. The predicted octanol–water partition coefficient (Wildman–Crippen LogP) is 4.19. The molecule has 2 aliphatic rings. The molecule has 170 valence electrons. The van der Waals surface area contributed by atoms with Gasteiger partial charge >= 0.3 is 5.97 Å². The first-order valence-electron chi connectivity index (χ1n) is 11.3. The molecule has 1 fully saturated rings. The zero-order chi connectivity index (χ0) is 22.9. The molecule has 32 heavy (non-hydrogen) atoms. The summed E-state index contributed by atoms with van der Waals surface area (Å²) < 4.78 is 11.5. The average Bonchev–Trinajstić information content (AvgIpc) is 2.75. The molecule has 0 saturated carbocycles. The van der Waals surface area contributed by atoms with Crippen LogP contribution in [0.4, 0.5) is 0 Å². The summed E-state index contributed by atoms with van der Waals surface area (Å²) in [6.45, 7) is 7.23. The summed E-state index contributed by atoms with van der Waals surface area (Å²) in [6, 6.07) is 15.8. The first-order valence-corrected chi connectivity index (χ1v) is 11.3. The zero-order valence-electron chi connectivity index (χ0n) is 19.3. The Morgan fingerprint density at radius 2 is 1.53 bits per heavy atom. The van der Waals surface area contributed by atoms with Crippen LogP contribution in [0.15, 0.2) is 48.5 Å². The standard InChI is InChI=1S/C26H32N2O4/c1-26(2,3)32-23(29)17-27(4)18-13-15-28(16-14-18)25(30)24-19-9-5-7-11-21(19)31-22-12-8-6-10-20(22)24/h5-12,18,24H,13-17H2,1-4H3. The Labute approximate surface area is 190 Å². The van der Waals surface area contributed by atoms with E-state index in [0.717, 1.165) is 35.5 Å². The van der Waals surface area contributed by atoms with Gasteiger partial charge in [0.15, 0.2) is 0 Å². The number of benzene rings is 2. The number of hydrogen-bond donors (Lipinski definition) is 0. The van der Waals surface area contributed by atoms with Crippen LogP contribution >= 0.6 is 0 Å². The Balaban J connectivity index is 1.43. The van der Waals surface area contributed by atoms with Gasteiger partial charge in [0.05, 0.1) is 12.5 Å². The van der Waals surface area contributed by atoms with E-state index >= 15 is 0 Å². The summed E-state index contributed by atoms with van der Waals surface area (Å²) in [5.74, 6) is 1.04. The summed E-state index contributed by atoms with van der Waals surface area (Å²) in [7, 11) is 1.96. The number of fused-ring (bicyclic) bond motifs is 2. The molecule has 2 heterocycles. The highest BCUT2D eigenvalue weighted by Gasteiger charge is 2.37. The van der Waals surface area contributed by atoms with Crippen molar-refractivity contribution in [3.63, 3.8) is 0 Å². The van der Waals surface area contributed by atoms with Gasteiger partial charge in [-0.1, -0.05) is 36.4 Å². The molecule has 6 nitrogen and oxygen atoms in total. The minimum Gasteiger partial charge on any atom is -0.459 e. The number of carbonyl (C=O) groups excluding carboxylic acids is 2. The van der Waals surface area contributed by atoms with Gasteiger partial charge in [-0.3, -0.25) is 14.5 Å². The second kappa shape index (κ2) is 8.94. The molecule has 6 heteroatoms. The van der Waals surface area contributed by atoms with Crippen LogP contribution in [0.5, 0.6) is 11.5 Å². The summed E-state index contributed by atoms with van der Waals surface area (Å²) in [5, 5.41) is 0. The number of amides is 1. The van der Waals surface area contributed by atoms with E-state index in [9.17, 15) is 9.59 Å². The lowest BCUT2D eigenvalue weighted by molar-refractivity contribution is -0.156. The zero-order valence-corrected chi connectivity index (χ0v) is 19.3. The van der Waals surface area contributed by atoms with E-state index in [2.05, 4.69) is 4.90 Å². The van der Waals surface area contributed by atoms with E-state index < -0.39 is 5.60 Å². The van der Waals surface area contributed by atoms with Crippen molar-refractivity contribution >= 4 is 11.9 Å². The second-order valence-corrected chi connectivity index (χ2v) is 9.67. The minimum atomic E-state index is -0.482. The van der Waals surface area contributed by atoms with Crippen molar-refractivity contribution in [2.24, 2.45) is 0 Å². The molecule has 4 rings (SSSR count). The number of rotatable bonds is 4. The smallest absolute Gasteiger partial charge is 0.320 e. The van der Waals surface area contributed by atoms with Gasteiger partial charge in [-0.15, -0.1) is 0 Å². The number of likely N-dealkylation sites (tertiary alicyclic amines) is 1. The van der Waals surface area contributed by atoms with Crippen LogP contribution in [0.3, 0.4) is 0 Å². The number of ether oxygens (including phenoxy) is 2. The molecule has 2 aromatic rings. The topological polar surface area (TPSA) is 59.1 Å². The highest BCUT2D eigenvalue weighted by Crippen LogP contribution is 2.44. The lowest BCUT2D eigenvalue weighted by atomic mass is 9.86. The van der Waals surface area contributed by atoms with Crippen molar-refractivity contribution in [2.75, 3.05) is 26.7 Å². The Morgan fingerprint density at radius 1 is 1.00 bits per heavy atom. The number of piperidine rings is 1. The van der Waals surface area contributed by atoms with Crippen molar-refractivity contribution in [2.45, 2.75) is 51.2 Å². The van der Waals surface area contributed by atoms with E-state index in [4.69, 9.17) is 9.47 Å². The molecule has 0 bridgehead atoms. The fourth-order valence-corrected chi connectivity index (χ4v) is 4.59. The number of nitrogens with zero attached hydrogens (tertiary/aromatic N) is 2. The van der Waals surface area contributed by atoms with Crippen LogP contribution in [0.1, 0.15) is 50.7 Å².